The Kier molecular flexibility index (Phi) is 9.76. The van der Waals surface area contributed by atoms with E-state index in [1.54, 1.807) is 0 Å². The number of hydrogen-bond acceptors (Lipinski definition) is 8. The summed E-state index contributed by atoms with van der Waals surface area (Å²) in [5.74, 6) is 0. The third-order valence-corrected chi connectivity index (χ3v) is 5.47. The highest BCUT2D eigenvalue weighted by molar-refractivity contribution is 5.02. The molecule has 0 bridgehead atoms. The summed E-state index contributed by atoms with van der Waals surface area (Å²) in [7, 11) is 0. The molecule has 6 N–H and O–H groups in total. The van der Waals surface area contributed by atoms with Crippen LogP contribution in [0.3, 0.4) is 0 Å². The van der Waals surface area contributed by atoms with Crippen LogP contribution in [0.15, 0.2) is 6.20 Å². The molecule has 2 rings (SSSR count). The van der Waals surface area contributed by atoms with Crippen molar-refractivity contribution in [3.63, 3.8) is 0 Å². The van der Waals surface area contributed by atoms with Gasteiger partial charge in [0.25, 0.3) is 0 Å². The van der Waals surface area contributed by atoms with E-state index < -0.39 is 36.6 Å². The molecule has 1 aromatic rings. The molecule has 9 heteroatoms. The van der Waals surface area contributed by atoms with Crippen LogP contribution in [0.2, 0.25) is 0 Å². The third kappa shape index (κ3) is 6.47. The third-order valence-electron chi connectivity index (χ3n) is 5.47. The second-order valence-corrected chi connectivity index (χ2v) is 7.78. The second-order valence-electron chi connectivity index (χ2n) is 7.78. The number of nitrogens with one attached hydrogen (secondary N) is 1. The summed E-state index contributed by atoms with van der Waals surface area (Å²) in [5.41, 5.74) is 0.788. The van der Waals surface area contributed by atoms with Gasteiger partial charge < -0.3 is 30.8 Å². The number of unbranched alkanes of at least 4 members (excludes halogenated alkanes) is 6. The zero-order chi connectivity index (χ0) is 20.5. The highest BCUT2D eigenvalue weighted by atomic mass is 16.4. The summed E-state index contributed by atoms with van der Waals surface area (Å²) in [4.78, 5) is 0. The van der Waals surface area contributed by atoms with Gasteiger partial charge in [-0.3, -0.25) is 4.68 Å². The minimum absolute atomic E-state index is 0.379. The Labute approximate surface area is 166 Å². The van der Waals surface area contributed by atoms with E-state index in [0.717, 1.165) is 18.7 Å². The average molecular weight is 401 g/mol. The number of rotatable bonds is 12. The van der Waals surface area contributed by atoms with Crippen LogP contribution in [0.4, 0.5) is 0 Å². The van der Waals surface area contributed by atoms with Gasteiger partial charge in [-0.25, -0.2) is 0 Å². The predicted molar refractivity (Wildman–Crippen MR) is 104 cm³/mol. The van der Waals surface area contributed by atoms with E-state index in [9.17, 15) is 25.5 Å². The van der Waals surface area contributed by atoms with E-state index in [0.29, 0.717) is 13.0 Å². The van der Waals surface area contributed by atoms with Crippen molar-refractivity contribution in [1.29, 1.82) is 0 Å². The lowest BCUT2D eigenvalue weighted by Crippen LogP contribution is -2.67. The van der Waals surface area contributed by atoms with Crippen molar-refractivity contribution in [2.24, 2.45) is 0 Å². The number of aliphatic hydroxyl groups is 5. The average Bonchev–Trinajstić information content (AvgIpc) is 3.14. The molecular formula is C19H36N4O5. The summed E-state index contributed by atoms with van der Waals surface area (Å²) in [6.07, 6.45) is 3.77. The number of aromatic nitrogens is 3. The van der Waals surface area contributed by atoms with E-state index in [2.05, 4.69) is 22.6 Å². The number of aliphatic hydroxyl groups excluding tert-OH is 5. The monoisotopic (exact) mass is 400 g/mol. The fourth-order valence-corrected chi connectivity index (χ4v) is 3.63. The fourth-order valence-electron chi connectivity index (χ4n) is 3.63. The van der Waals surface area contributed by atoms with Gasteiger partial charge in [0.15, 0.2) is 0 Å². The van der Waals surface area contributed by atoms with Crippen molar-refractivity contribution in [3.05, 3.63) is 11.9 Å². The molecule has 1 aromatic heterocycles. The summed E-state index contributed by atoms with van der Waals surface area (Å²) in [5, 5.41) is 60.3. The molecule has 0 saturated heterocycles. The van der Waals surface area contributed by atoms with Gasteiger partial charge in [-0.05, 0) is 6.42 Å². The highest BCUT2D eigenvalue weighted by Gasteiger charge is 2.47. The number of nitrogens with zero attached hydrogens (tertiary/aromatic N) is 3. The maximum Gasteiger partial charge on any atom is 0.111 e. The van der Waals surface area contributed by atoms with Crippen LogP contribution in [0.25, 0.3) is 0 Å². The fraction of sp³-hybridized carbons (Fsp3) is 0.895. The van der Waals surface area contributed by atoms with Crippen LogP contribution in [0, 0.1) is 0 Å². The van der Waals surface area contributed by atoms with Crippen molar-refractivity contribution in [2.45, 2.75) is 101 Å². The first-order valence-electron chi connectivity index (χ1n) is 10.5. The molecule has 1 fully saturated rings. The summed E-state index contributed by atoms with van der Waals surface area (Å²) in [6, 6.07) is -0.934. The molecule has 1 saturated carbocycles. The van der Waals surface area contributed by atoms with E-state index in [4.69, 9.17) is 0 Å². The topological polar surface area (TPSA) is 144 Å². The Morgan fingerprint density at radius 2 is 1.43 bits per heavy atom. The van der Waals surface area contributed by atoms with Gasteiger partial charge in [0.05, 0.1) is 11.7 Å². The molecule has 0 aliphatic heterocycles. The molecule has 0 radical (unpaired) electrons. The first-order chi connectivity index (χ1) is 13.5. The van der Waals surface area contributed by atoms with E-state index in [1.165, 1.54) is 38.5 Å². The Balaban J connectivity index is 1.67. The summed E-state index contributed by atoms with van der Waals surface area (Å²) in [6.45, 7) is 3.43. The minimum atomic E-state index is -1.57. The highest BCUT2D eigenvalue weighted by Crippen LogP contribution is 2.21. The second kappa shape index (κ2) is 11.8. The Hall–Kier alpha value is -1.10. The van der Waals surface area contributed by atoms with Crippen molar-refractivity contribution < 1.29 is 25.5 Å². The lowest BCUT2D eigenvalue weighted by atomic mass is 9.83. The number of hydrogen-bond donors (Lipinski definition) is 6. The normalized spacial score (nSPS) is 30.6. The Morgan fingerprint density at radius 1 is 0.857 bits per heavy atom. The van der Waals surface area contributed by atoms with Crippen LogP contribution in [-0.2, 0) is 13.0 Å². The maximum atomic E-state index is 10.0. The maximum absolute atomic E-state index is 10.0. The first-order valence-corrected chi connectivity index (χ1v) is 10.5. The predicted octanol–water partition coefficient (Wildman–Crippen LogP) is -0.652. The molecular weight excluding hydrogens is 364 g/mol. The van der Waals surface area contributed by atoms with Crippen molar-refractivity contribution in [3.8, 4) is 0 Å². The Morgan fingerprint density at radius 3 is 2.07 bits per heavy atom. The number of aryl methyl sites for hydroxylation is 1. The van der Waals surface area contributed by atoms with Gasteiger partial charge in [0.2, 0.25) is 0 Å². The van der Waals surface area contributed by atoms with Gasteiger partial charge >= 0.3 is 0 Å². The molecule has 0 spiro atoms. The SMILES string of the molecule is CCCCCCCCCn1cc(CCNC2[C@@H](O)[C@H](O)C(O)[C@H](O)[C@H]2O)nn1. The summed E-state index contributed by atoms with van der Waals surface area (Å²) < 4.78 is 1.83. The van der Waals surface area contributed by atoms with Gasteiger partial charge in [-0.15, -0.1) is 5.10 Å². The van der Waals surface area contributed by atoms with E-state index in [1.807, 2.05) is 10.9 Å². The Bertz CT molecular complexity index is 542. The van der Waals surface area contributed by atoms with Gasteiger partial charge in [0, 0.05) is 25.7 Å². The quantitative estimate of drug-likeness (QED) is 0.254. The van der Waals surface area contributed by atoms with E-state index >= 15 is 0 Å². The largest absolute Gasteiger partial charge is 0.389 e. The van der Waals surface area contributed by atoms with Crippen molar-refractivity contribution >= 4 is 0 Å². The zero-order valence-corrected chi connectivity index (χ0v) is 16.7. The molecule has 0 amide bonds. The lowest BCUT2D eigenvalue weighted by Gasteiger charge is -2.42. The summed E-state index contributed by atoms with van der Waals surface area (Å²) >= 11 is 0. The van der Waals surface area contributed by atoms with Crippen LogP contribution in [0.1, 0.15) is 57.6 Å². The minimum Gasteiger partial charge on any atom is -0.389 e. The molecule has 9 nitrogen and oxygen atoms in total. The van der Waals surface area contributed by atoms with Crippen LogP contribution >= 0.6 is 0 Å². The van der Waals surface area contributed by atoms with Crippen LogP contribution < -0.4 is 5.32 Å². The smallest absolute Gasteiger partial charge is 0.111 e. The molecule has 1 aliphatic carbocycles. The standard InChI is InChI=1S/C19H36N4O5/c1-2-3-4-5-6-7-8-11-23-12-13(21-22-23)9-10-20-14-15(24)17(26)19(28)18(27)16(14)25/h12,14-20,24-28H,2-11H2,1H3/t14?,15-,16+,17+,18-,19?. The molecule has 1 aliphatic rings. The van der Waals surface area contributed by atoms with Gasteiger partial charge in [-0.1, -0.05) is 50.7 Å². The molecule has 6 atom stereocenters. The molecule has 2 unspecified atom stereocenters. The van der Waals surface area contributed by atoms with Crippen LogP contribution in [0.5, 0.6) is 0 Å². The van der Waals surface area contributed by atoms with Crippen molar-refractivity contribution in [2.75, 3.05) is 6.54 Å². The van der Waals surface area contributed by atoms with Gasteiger partial charge in [-0.2, -0.15) is 0 Å². The van der Waals surface area contributed by atoms with Crippen molar-refractivity contribution in [1.82, 2.24) is 20.3 Å². The first kappa shape index (κ1) is 23.2. The molecule has 28 heavy (non-hydrogen) atoms. The zero-order valence-electron chi connectivity index (χ0n) is 16.7. The van der Waals surface area contributed by atoms with E-state index in [-0.39, 0.29) is 0 Å². The molecule has 162 valence electrons. The van der Waals surface area contributed by atoms with Crippen LogP contribution in [-0.4, -0.2) is 83.6 Å². The molecule has 0 aromatic carbocycles. The molecule has 1 heterocycles. The van der Waals surface area contributed by atoms with Gasteiger partial charge in [0.1, 0.15) is 30.5 Å². The lowest BCUT2D eigenvalue weighted by molar-refractivity contribution is -0.190.